The Hall–Kier alpha value is -2.91. The van der Waals surface area contributed by atoms with E-state index in [0.717, 1.165) is 27.4 Å². The molecule has 4 aromatic rings. The topological polar surface area (TPSA) is 54.9 Å². The molecule has 0 saturated carbocycles. The zero-order valence-corrected chi connectivity index (χ0v) is 16.9. The van der Waals surface area contributed by atoms with E-state index in [-0.39, 0.29) is 11.4 Å². The number of hydrogen-bond acceptors (Lipinski definition) is 5. The minimum atomic E-state index is -4.54. The maximum atomic E-state index is 13.1. The highest BCUT2D eigenvalue weighted by Crippen LogP contribution is 2.38. The number of thioether (sulfide) groups is 1. The molecule has 0 bridgehead atoms. The van der Waals surface area contributed by atoms with Crippen LogP contribution in [0.25, 0.3) is 21.3 Å². The van der Waals surface area contributed by atoms with Gasteiger partial charge < -0.3 is 5.32 Å². The third kappa shape index (κ3) is 4.31. The summed E-state index contributed by atoms with van der Waals surface area (Å²) in [6.07, 6.45) is -3.12. The lowest BCUT2D eigenvalue weighted by Gasteiger charge is -2.13. The number of amides is 1. The number of benzene rings is 2. The number of aromatic nitrogens is 2. The van der Waals surface area contributed by atoms with E-state index in [0.29, 0.717) is 5.03 Å². The SMILES string of the molecule is O=C(CSc1ncnc2scc(-c3ccccc3)c12)Nc1ccccc1C(F)(F)F. The number of nitrogens with one attached hydrogen (secondary N) is 1. The normalized spacial score (nSPS) is 11.6. The number of alkyl halides is 3. The lowest BCUT2D eigenvalue weighted by atomic mass is 10.1. The summed E-state index contributed by atoms with van der Waals surface area (Å²) in [5.41, 5.74) is 0.825. The van der Waals surface area contributed by atoms with E-state index in [2.05, 4.69) is 15.3 Å². The summed E-state index contributed by atoms with van der Waals surface area (Å²) in [4.78, 5) is 21.7. The molecule has 0 aliphatic rings. The summed E-state index contributed by atoms with van der Waals surface area (Å²) in [5.74, 6) is -0.623. The van der Waals surface area contributed by atoms with Crippen LogP contribution >= 0.6 is 23.1 Å². The predicted octanol–water partition coefficient (Wildman–Crippen LogP) is 6.11. The van der Waals surface area contributed by atoms with E-state index in [1.54, 1.807) is 0 Å². The molecule has 152 valence electrons. The molecular formula is C21H14F3N3OS2. The number of anilines is 1. The first-order valence-corrected chi connectivity index (χ1v) is 10.7. The second kappa shape index (κ2) is 8.45. The van der Waals surface area contributed by atoms with Gasteiger partial charge in [0.15, 0.2) is 0 Å². The van der Waals surface area contributed by atoms with E-state index in [9.17, 15) is 18.0 Å². The van der Waals surface area contributed by atoms with Crippen molar-refractivity contribution in [3.8, 4) is 11.1 Å². The second-order valence-corrected chi connectivity index (χ2v) is 8.08. The molecule has 0 unspecified atom stereocenters. The van der Waals surface area contributed by atoms with Crippen molar-refractivity contribution < 1.29 is 18.0 Å². The second-order valence-electron chi connectivity index (χ2n) is 6.25. The van der Waals surface area contributed by atoms with Crippen LogP contribution in [0.5, 0.6) is 0 Å². The van der Waals surface area contributed by atoms with Crippen molar-refractivity contribution in [3.05, 3.63) is 71.9 Å². The van der Waals surface area contributed by atoms with Crippen molar-refractivity contribution in [1.29, 1.82) is 0 Å². The number of thiophene rings is 1. The molecule has 0 aliphatic carbocycles. The van der Waals surface area contributed by atoms with Crippen molar-refractivity contribution >= 4 is 44.9 Å². The monoisotopic (exact) mass is 445 g/mol. The van der Waals surface area contributed by atoms with Crippen LogP contribution in [-0.4, -0.2) is 21.6 Å². The molecule has 30 heavy (non-hydrogen) atoms. The number of rotatable bonds is 5. The highest BCUT2D eigenvalue weighted by molar-refractivity contribution is 8.00. The third-order valence-electron chi connectivity index (χ3n) is 4.27. The van der Waals surface area contributed by atoms with Crippen LogP contribution in [0.1, 0.15) is 5.56 Å². The van der Waals surface area contributed by atoms with Gasteiger partial charge in [0.2, 0.25) is 5.91 Å². The van der Waals surface area contributed by atoms with Crippen molar-refractivity contribution in [2.75, 3.05) is 11.1 Å². The number of carbonyl (C=O) groups is 1. The van der Waals surface area contributed by atoms with Crippen molar-refractivity contribution in [2.45, 2.75) is 11.2 Å². The molecule has 2 aromatic heterocycles. The summed E-state index contributed by atoms with van der Waals surface area (Å²) < 4.78 is 39.4. The van der Waals surface area contributed by atoms with Gasteiger partial charge in [-0.3, -0.25) is 4.79 Å². The van der Waals surface area contributed by atoms with Crippen molar-refractivity contribution in [2.24, 2.45) is 0 Å². The summed E-state index contributed by atoms with van der Waals surface area (Å²) in [7, 11) is 0. The fourth-order valence-corrected chi connectivity index (χ4v) is 4.74. The van der Waals surface area contributed by atoms with E-state index in [1.807, 2.05) is 35.7 Å². The van der Waals surface area contributed by atoms with Gasteiger partial charge >= 0.3 is 6.18 Å². The molecule has 0 atom stereocenters. The Bertz CT molecular complexity index is 1190. The highest BCUT2D eigenvalue weighted by Gasteiger charge is 2.33. The lowest BCUT2D eigenvalue weighted by Crippen LogP contribution is -2.18. The number of nitrogens with zero attached hydrogens (tertiary/aromatic N) is 2. The number of hydrogen-bond donors (Lipinski definition) is 1. The van der Waals surface area contributed by atoms with Gasteiger partial charge in [-0.1, -0.05) is 54.2 Å². The van der Waals surface area contributed by atoms with Gasteiger partial charge in [-0.2, -0.15) is 13.2 Å². The number of halogens is 3. The summed E-state index contributed by atoms with van der Waals surface area (Å²) in [6.45, 7) is 0. The Labute approximate surface area is 178 Å². The molecule has 9 heteroatoms. The minimum absolute atomic E-state index is 0.0810. The van der Waals surface area contributed by atoms with Crippen molar-refractivity contribution in [3.63, 3.8) is 0 Å². The first-order valence-electron chi connectivity index (χ1n) is 8.80. The maximum absolute atomic E-state index is 13.1. The first kappa shape index (κ1) is 20.4. The molecule has 2 heterocycles. The van der Waals surface area contributed by atoms with E-state index in [4.69, 9.17) is 0 Å². The van der Waals surface area contributed by atoms with Gasteiger partial charge in [-0.25, -0.2) is 9.97 Å². The smallest absolute Gasteiger partial charge is 0.325 e. The molecule has 1 N–H and O–H groups in total. The van der Waals surface area contributed by atoms with Gasteiger partial charge in [-0.05, 0) is 17.7 Å². The maximum Gasteiger partial charge on any atom is 0.418 e. The van der Waals surface area contributed by atoms with Crippen LogP contribution in [0.15, 0.2) is 71.3 Å². The fraction of sp³-hybridized carbons (Fsp3) is 0.0952. The zero-order valence-electron chi connectivity index (χ0n) is 15.3. The summed E-state index contributed by atoms with van der Waals surface area (Å²) in [6, 6.07) is 14.6. The standard InChI is InChI=1S/C21H14F3N3OS2/c22-21(23,24)15-8-4-5-9-16(15)27-17(28)11-30-20-18-14(13-6-2-1-3-7-13)10-29-19(18)25-12-26-20/h1-10,12H,11H2,(H,27,28). The van der Waals surface area contributed by atoms with Crippen LogP contribution < -0.4 is 5.32 Å². The van der Waals surface area contributed by atoms with Gasteiger partial charge in [0.25, 0.3) is 0 Å². The van der Waals surface area contributed by atoms with Gasteiger partial charge in [0, 0.05) is 10.9 Å². The molecule has 4 nitrogen and oxygen atoms in total. The van der Waals surface area contributed by atoms with E-state index in [1.165, 1.54) is 47.6 Å². The zero-order chi connectivity index (χ0) is 21.1. The van der Waals surface area contributed by atoms with Crippen LogP contribution in [0.4, 0.5) is 18.9 Å². The Balaban J connectivity index is 1.55. The Kier molecular flexibility index (Phi) is 5.74. The van der Waals surface area contributed by atoms with Crippen molar-refractivity contribution in [1.82, 2.24) is 9.97 Å². The van der Waals surface area contributed by atoms with Gasteiger partial charge in [0.1, 0.15) is 16.2 Å². The highest BCUT2D eigenvalue weighted by atomic mass is 32.2. The lowest BCUT2D eigenvalue weighted by molar-refractivity contribution is -0.137. The number of carbonyl (C=O) groups excluding carboxylic acids is 1. The molecule has 0 spiro atoms. The Morgan fingerprint density at radius 1 is 1.03 bits per heavy atom. The van der Waals surface area contributed by atoms with E-state index < -0.39 is 17.6 Å². The average molecular weight is 445 g/mol. The summed E-state index contributed by atoms with van der Waals surface area (Å²) >= 11 is 2.64. The molecule has 1 amide bonds. The molecule has 2 aromatic carbocycles. The fourth-order valence-electron chi connectivity index (χ4n) is 2.95. The molecular weight excluding hydrogens is 431 g/mol. The Morgan fingerprint density at radius 2 is 1.77 bits per heavy atom. The summed E-state index contributed by atoms with van der Waals surface area (Å²) in [5, 5.41) is 5.79. The molecule has 0 aliphatic heterocycles. The quantitative estimate of drug-likeness (QED) is 0.298. The van der Waals surface area contributed by atoms with Crippen LogP contribution in [0, 0.1) is 0 Å². The molecule has 0 radical (unpaired) electrons. The van der Waals surface area contributed by atoms with Gasteiger partial charge in [0.05, 0.1) is 22.4 Å². The molecule has 0 saturated heterocycles. The average Bonchev–Trinajstić information content (AvgIpc) is 3.17. The largest absolute Gasteiger partial charge is 0.418 e. The van der Waals surface area contributed by atoms with Crippen LogP contribution in [0.2, 0.25) is 0 Å². The predicted molar refractivity (Wildman–Crippen MR) is 114 cm³/mol. The molecule has 4 rings (SSSR count). The van der Waals surface area contributed by atoms with Crippen LogP contribution in [0.3, 0.4) is 0 Å². The van der Waals surface area contributed by atoms with E-state index >= 15 is 0 Å². The molecule has 0 fully saturated rings. The van der Waals surface area contributed by atoms with Gasteiger partial charge in [-0.15, -0.1) is 11.3 Å². The number of para-hydroxylation sites is 1. The Morgan fingerprint density at radius 3 is 2.53 bits per heavy atom. The first-order chi connectivity index (χ1) is 14.4. The third-order valence-corrected chi connectivity index (χ3v) is 6.14. The van der Waals surface area contributed by atoms with Crippen LogP contribution in [-0.2, 0) is 11.0 Å². The minimum Gasteiger partial charge on any atom is -0.325 e. The number of fused-ring (bicyclic) bond motifs is 1.